The molecule has 0 unspecified atom stereocenters. The van der Waals surface area contributed by atoms with Crippen molar-refractivity contribution in [3.05, 3.63) is 65.4 Å². The van der Waals surface area contributed by atoms with Crippen LogP contribution >= 0.6 is 11.5 Å². The standard InChI is InChI=1S/C21H18N4O3S/c1-12(2)11-25-20(27)16-8-5-14(9-17(16)21(25)28)19(26)23-15-6-3-13(4-7-15)18-10-22-24-29-18/h3-10,12H,11H2,1-2H3,(H,23,26). The Kier molecular flexibility index (Phi) is 4.94. The molecular formula is C21H18N4O3S. The van der Waals surface area contributed by atoms with Gasteiger partial charge >= 0.3 is 0 Å². The largest absolute Gasteiger partial charge is 0.322 e. The van der Waals surface area contributed by atoms with Crippen molar-refractivity contribution in [2.45, 2.75) is 13.8 Å². The smallest absolute Gasteiger partial charge is 0.261 e. The van der Waals surface area contributed by atoms with Crippen LogP contribution in [0, 0.1) is 5.92 Å². The Hall–Kier alpha value is -3.39. The molecule has 2 aromatic carbocycles. The van der Waals surface area contributed by atoms with Crippen LogP contribution in [0.5, 0.6) is 0 Å². The maximum Gasteiger partial charge on any atom is 0.261 e. The van der Waals surface area contributed by atoms with Crippen LogP contribution in [0.25, 0.3) is 10.4 Å². The predicted octanol–water partition coefficient (Wildman–Crippen LogP) is 3.71. The maximum absolute atomic E-state index is 12.6. The van der Waals surface area contributed by atoms with Crippen molar-refractivity contribution in [1.82, 2.24) is 14.5 Å². The van der Waals surface area contributed by atoms with Gasteiger partial charge in [0, 0.05) is 17.8 Å². The van der Waals surface area contributed by atoms with E-state index in [-0.39, 0.29) is 29.2 Å². The third kappa shape index (κ3) is 3.66. The van der Waals surface area contributed by atoms with E-state index in [0.29, 0.717) is 23.4 Å². The second-order valence-corrected chi connectivity index (χ2v) is 7.97. The molecule has 3 amide bonds. The number of imide groups is 1. The minimum Gasteiger partial charge on any atom is -0.322 e. The first kappa shape index (κ1) is 18.9. The zero-order chi connectivity index (χ0) is 20.5. The summed E-state index contributed by atoms with van der Waals surface area (Å²) in [5, 5.41) is 6.63. The highest BCUT2D eigenvalue weighted by Crippen LogP contribution is 2.26. The van der Waals surface area contributed by atoms with Crippen LogP contribution in [0.4, 0.5) is 5.69 Å². The van der Waals surface area contributed by atoms with E-state index in [1.165, 1.54) is 22.5 Å². The average molecular weight is 406 g/mol. The SMILES string of the molecule is CC(C)CN1C(=O)c2ccc(C(=O)Nc3ccc(-c4cnns4)cc3)cc2C1=O. The number of nitrogens with zero attached hydrogens (tertiary/aromatic N) is 3. The third-order valence-corrected chi connectivity index (χ3v) is 5.28. The highest BCUT2D eigenvalue weighted by molar-refractivity contribution is 7.09. The van der Waals surface area contributed by atoms with E-state index in [4.69, 9.17) is 0 Å². The van der Waals surface area contributed by atoms with Gasteiger partial charge < -0.3 is 5.32 Å². The molecule has 0 spiro atoms. The highest BCUT2D eigenvalue weighted by atomic mass is 32.1. The number of carbonyl (C=O) groups excluding carboxylic acids is 3. The predicted molar refractivity (Wildman–Crippen MR) is 110 cm³/mol. The van der Waals surface area contributed by atoms with Gasteiger partial charge in [-0.25, -0.2) is 0 Å². The van der Waals surface area contributed by atoms with Crippen molar-refractivity contribution in [2.75, 3.05) is 11.9 Å². The zero-order valence-corrected chi connectivity index (χ0v) is 16.7. The summed E-state index contributed by atoms with van der Waals surface area (Å²) in [5.74, 6) is -0.832. The molecule has 1 N–H and O–H groups in total. The van der Waals surface area contributed by atoms with Crippen molar-refractivity contribution in [3.63, 3.8) is 0 Å². The highest BCUT2D eigenvalue weighted by Gasteiger charge is 2.36. The first-order valence-corrected chi connectivity index (χ1v) is 9.91. The fourth-order valence-electron chi connectivity index (χ4n) is 3.18. The number of hydrogen-bond acceptors (Lipinski definition) is 6. The van der Waals surface area contributed by atoms with Crippen molar-refractivity contribution in [1.29, 1.82) is 0 Å². The molecular weight excluding hydrogens is 388 g/mol. The molecule has 8 heteroatoms. The topological polar surface area (TPSA) is 92.3 Å². The lowest BCUT2D eigenvalue weighted by atomic mass is 10.1. The molecule has 0 atom stereocenters. The quantitative estimate of drug-likeness (QED) is 0.652. The lowest BCUT2D eigenvalue weighted by Gasteiger charge is -2.15. The van der Waals surface area contributed by atoms with Crippen LogP contribution in [0.1, 0.15) is 44.9 Å². The fraction of sp³-hybridized carbons (Fsp3) is 0.190. The Morgan fingerprint density at radius 1 is 1.07 bits per heavy atom. The first-order valence-electron chi connectivity index (χ1n) is 9.13. The molecule has 4 rings (SSSR count). The number of hydrogen-bond donors (Lipinski definition) is 1. The van der Waals surface area contributed by atoms with Crippen molar-refractivity contribution in [3.8, 4) is 10.4 Å². The summed E-state index contributed by atoms with van der Waals surface area (Å²) in [6.45, 7) is 4.24. The first-order chi connectivity index (χ1) is 13.9. The molecule has 2 heterocycles. The summed E-state index contributed by atoms with van der Waals surface area (Å²) in [6.07, 6.45) is 1.68. The third-order valence-electron chi connectivity index (χ3n) is 4.57. The van der Waals surface area contributed by atoms with Gasteiger partial charge in [0.2, 0.25) is 0 Å². The Labute approximate surface area is 171 Å². The average Bonchev–Trinajstić information content (AvgIpc) is 3.32. The number of rotatable bonds is 5. The molecule has 0 bridgehead atoms. The van der Waals surface area contributed by atoms with Gasteiger partial charge in [-0.05, 0) is 53.3 Å². The van der Waals surface area contributed by atoms with E-state index in [0.717, 1.165) is 10.4 Å². The van der Waals surface area contributed by atoms with Crippen LogP contribution < -0.4 is 5.32 Å². The molecule has 0 fully saturated rings. The minimum atomic E-state index is -0.351. The van der Waals surface area contributed by atoms with Gasteiger partial charge in [-0.15, -0.1) is 5.10 Å². The van der Waals surface area contributed by atoms with E-state index in [9.17, 15) is 14.4 Å². The normalized spacial score (nSPS) is 13.1. The van der Waals surface area contributed by atoms with E-state index in [1.807, 2.05) is 26.0 Å². The molecule has 1 aliphatic rings. The lowest BCUT2D eigenvalue weighted by molar-refractivity contribution is 0.0636. The number of aromatic nitrogens is 2. The van der Waals surface area contributed by atoms with Gasteiger partial charge in [0.1, 0.15) is 0 Å². The number of carbonyl (C=O) groups is 3. The Morgan fingerprint density at radius 3 is 2.45 bits per heavy atom. The summed E-state index contributed by atoms with van der Waals surface area (Å²) in [4.78, 5) is 39.8. The minimum absolute atomic E-state index is 0.170. The number of amides is 3. The van der Waals surface area contributed by atoms with Crippen molar-refractivity contribution in [2.24, 2.45) is 5.92 Å². The van der Waals surface area contributed by atoms with E-state index in [1.54, 1.807) is 30.5 Å². The Balaban J connectivity index is 1.52. The zero-order valence-electron chi connectivity index (χ0n) is 15.9. The van der Waals surface area contributed by atoms with E-state index in [2.05, 4.69) is 14.9 Å². The molecule has 29 heavy (non-hydrogen) atoms. The van der Waals surface area contributed by atoms with Crippen molar-refractivity contribution >= 4 is 34.9 Å². The Bertz CT molecular complexity index is 1090. The van der Waals surface area contributed by atoms with E-state index < -0.39 is 0 Å². The molecule has 0 radical (unpaired) electrons. The maximum atomic E-state index is 12.6. The number of anilines is 1. The Morgan fingerprint density at radius 2 is 1.79 bits per heavy atom. The monoisotopic (exact) mass is 406 g/mol. The molecule has 0 aliphatic carbocycles. The van der Waals surface area contributed by atoms with Gasteiger partial charge in [0.25, 0.3) is 17.7 Å². The van der Waals surface area contributed by atoms with Gasteiger partial charge in [-0.1, -0.05) is 30.5 Å². The van der Waals surface area contributed by atoms with Gasteiger partial charge in [-0.2, -0.15) is 0 Å². The number of benzene rings is 2. The van der Waals surface area contributed by atoms with Gasteiger partial charge in [0.15, 0.2) is 0 Å². The second kappa shape index (κ2) is 7.56. The molecule has 7 nitrogen and oxygen atoms in total. The van der Waals surface area contributed by atoms with Crippen LogP contribution in [-0.4, -0.2) is 38.8 Å². The number of nitrogens with one attached hydrogen (secondary N) is 1. The van der Waals surface area contributed by atoms with E-state index >= 15 is 0 Å². The molecule has 3 aromatic rings. The van der Waals surface area contributed by atoms with Gasteiger partial charge in [-0.3, -0.25) is 19.3 Å². The van der Waals surface area contributed by atoms with Crippen LogP contribution in [0.15, 0.2) is 48.7 Å². The lowest BCUT2D eigenvalue weighted by Crippen LogP contribution is -2.33. The summed E-state index contributed by atoms with van der Waals surface area (Å²) < 4.78 is 3.84. The molecule has 0 saturated heterocycles. The summed E-state index contributed by atoms with van der Waals surface area (Å²) in [7, 11) is 0. The molecule has 0 saturated carbocycles. The summed E-state index contributed by atoms with van der Waals surface area (Å²) in [6, 6.07) is 11.9. The molecule has 146 valence electrons. The second-order valence-electron chi connectivity index (χ2n) is 7.19. The fourth-order valence-corrected chi connectivity index (χ4v) is 3.70. The molecule has 1 aromatic heterocycles. The molecule has 1 aliphatic heterocycles. The van der Waals surface area contributed by atoms with Crippen molar-refractivity contribution < 1.29 is 14.4 Å². The van der Waals surface area contributed by atoms with Crippen LogP contribution in [0.2, 0.25) is 0 Å². The summed E-state index contributed by atoms with van der Waals surface area (Å²) >= 11 is 1.30. The van der Waals surface area contributed by atoms with Crippen LogP contribution in [-0.2, 0) is 0 Å². The summed E-state index contributed by atoms with van der Waals surface area (Å²) in [5.41, 5.74) is 2.53. The number of fused-ring (bicyclic) bond motifs is 1. The van der Waals surface area contributed by atoms with Crippen LogP contribution in [0.3, 0.4) is 0 Å². The van der Waals surface area contributed by atoms with Gasteiger partial charge in [0.05, 0.1) is 22.2 Å².